The first-order valence-electron chi connectivity index (χ1n) is 8.30. The van der Waals surface area contributed by atoms with E-state index in [0.29, 0.717) is 19.8 Å². The molecule has 4 nitrogen and oxygen atoms in total. The van der Waals surface area contributed by atoms with Crippen LogP contribution in [0.3, 0.4) is 0 Å². The zero-order valence-electron chi connectivity index (χ0n) is 14.0. The van der Waals surface area contributed by atoms with Crippen molar-refractivity contribution in [3.8, 4) is 0 Å². The predicted molar refractivity (Wildman–Crippen MR) is 91.4 cm³/mol. The van der Waals surface area contributed by atoms with Gasteiger partial charge in [0.1, 0.15) is 6.10 Å². The van der Waals surface area contributed by atoms with Crippen molar-refractivity contribution < 1.29 is 18.9 Å². The van der Waals surface area contributed by atoms with Gasteiger partial charge in [0.05, 0.1) is 25.9 Å². The van der Waals surface area contributed by atoms with Gasteiger partial charge >= 0.3 is 0 Å². The molecule has 0 saturated carbocycles. The maximum atomic E-state index is 6.05. The van der Waals surface area contributed by atoms with Gasteiger partial charge in [-0.15, -0.1) is 0 Å². The summed E-state index contributed by atoms with van der Waals surface area (Å²) < 4.78 is 23.1. The molecule has 1 saturated heterocycles. The minimum atomic E-state index is -0.226. The molecule has 0 aliphatic carbocycles. The molecule has 4 heteroatoms. The average Bonchev–Trinajstić information content (AvgIpc) is 3.04. The van der Waals surface area contributed by atoms with Crippen LogP contribution in [0.4, 0.5) is 0 Å². The zero-order chi connectivity index (χ0) is 16.6. The van der Waals surface area contributed by atoms with Crippen molar-refractivity contribution in [1.29, 1.82) is 0 Å². The first-order valence-corrected chi connectivity index (χ1v) is 8.30. The summed E-state index contributed by atoms with van der Waals surface area (Å²) in [6.07, 6.45) is 0.368. The normalized spacial score (nSPS) is 23.5. The predicted octanol–water partition coefficient (Wildman–Crippen LogP) is 3.55. The molecule has 3 atom stereocenters. The summed E-state index contributed by atoms with van der Waals surface area (Å²) >= 11 is 0. The van der Waals surface area contributed by atoms with E-state index in [4.69, 9.17) is 18.9 Å². The Morgan fingerprint density at radius 1 is 0.917 bits per heavy atom. The Morgan fingerprint density at radius 3 is 2.17 bits per heavy atom. The maximum Gasteiger partial charge on any atom is 0.160 e. The Bertz CT molecular complexity index is 587. The monoisotopic (exact) mass is 328 g/mol. The molecule has 0 aromatic heterocycles. The highest BCUT2D eigenvalue weighted by atomic mass is 16.7. The van der Waals surface area contributed by atoms with Gasteiger partial charge < -0.3 is 18.9 Å². The molecular weight excluding hydrogens is 304 g/mol. The van der Waals surface area contributed by atoms with Gasteiger partial charge in [0.15, 0.2) is 6.29 Å². The van der Waals surface area contributed by atoms with Crippen molar-refractivity contribution in [1.82, 2.24) is 0 Å². The van der Waals surface area contributed by atoms with Crippen LogP contribution in [0, 0.1) is 0 Å². The molecule has 1 aliphatic heterocycles. The van der Waals surface area contributed by atoms with Gasteiger partial charge in [-0.05, 0) is 11.1 Å². The number of benzene rings is 2. The minimum Gasteiger partial charge on any atom is -0.374 e. The number of methoxy groups -OCH3 is 1. The molecule has 1 unspecified atom stereocenters. The first-order chi connectivity index (χ1) is 11.8. The smallest absolute Gasteiger partial charge is 0.160 e. The molecule has 1 aliphatic rings. The topological polar surface area (TPSA) is 36.9 Å². The van der Waals surface area contributed by atoms with Crippen molar-refractivity contribution in [2.24, 2.45) is 0 Å². The zero-order valence-corrected chi connectivity index (χ0v) is 14.0. The molecule has 2 aromatic carbocycles. The number of hydrogen-bond donors (Lipinski definition) is 0. The molecule has 0 amide bonds. The van der Waals surface area contributed by atoms with Gasteiger partial charge in [-0.3, -0.25) is 0 Å². The molecular formula is C20H24O4. The van der Waals surface area contributed by atoms with Gasteiger partial charge in [0.2, 0.25) is 0 Å². The molecule has 0 bridgehead atoms. The van der Waals surface area contributed by atoms with Crippen LogP contribution < -0.4 is 0 Å². The number of ether oxygens (including phenoxy) is 4. The quantitative estimate of drug-likeness (QED) is 0.742. The van der Waals surface area contributed by atoms with Crippen LogP contribution in [0.2, 0.25) is 0 Å². The van der Waals surface area contributed by atoms with E-state index < -0.39 is 0 Å². The van der Waals surface area contributed by atoms with Gasteiger partial charge in [-0.25, -0.2) is 0 Å². The van der Waals surface area contributed by atoms with Crippen molar-refractivity contribution in [3.05, 3.63) is 71.8 Å². The fraction of sp³-hybridized carbons (Fsp3) is 0.400. The van der Waals surface area contributed by atoms with E-state index in [2.05, 4.69) is 24.3 Å². The van der Waals surface area contributed by atoms with E-state index in [9.17, 15) is 0 Å². The van der Waals surface area contributed by atoms with E-state index in [0.717, 1.165) is 17.5 Å². The average molecular weight is 328 g/mol. The highest BCUT2D eigenvalue weighted by Gasteiger charge is 2.36. The van der Waals surface area contributed by atoms with Gasteiger partial charge in [-0.1, -0.05) is 60.7 Å². The van der Waals surface area contributed by atoms with Crippen molar-refractivity contribution in [2.45, 2.75) is 38.1 Å². The second-order valence-corrected chi connectivity index (χ2v) is 5.91. The lowest BCUT2D eigenvalue weighted by Gasteiger charge is -2.19. The number of hydrogen-bond acceptors (Lipinski definition) is 4. The van der Waals surface area contributed by atoms with E-state index in [1.54, 1.807) is 7.11 Å². The van der Waals surface area contributed by atoms with Crippen LogP contribution in [-0.4, -0.2) is 32.2 Å². The van der Waals surface area contributed by atoms with Gasteiger partial charge in [0, 0.05) is 13.5 Å². The lowest BCUT2D eigenvalue weighted by Crippen LogP contribution is -2.29. The van der Waals surface area contributed by atoms with Crippen LogP contribution in [0.15, 0.2) is 60.7 Å². The van der Waals surface area contributed by atoms with Crippen LogP contribution in [-0.2, 0) is 32.2 Å². The molecule has 0 spiro atoms. The minimum absolute atomic E-state index is 0.0223. The number of rotatable bonds is 8. The summed E-state index contributed by atoms with van der Waals surface area (Å²) in [5, 5.41) is 0. The standard InChI is InChI=1S/C20H24O4/c1-21-20-12-18(23-14-17-10-6-3-7-11-17)19(24-20)15-22-13-16-8-4-2-5-9-16/h2-11,18-20H,12-15H2,1H3/t18-,19-,20?/m1/s1. The largest absolute Gasteiger partial charge is 0.374 e. The molecule has 0 N–H and O–H groups in total. The summed E-state index contributed by atoms with van der Waals surface area (Å²) in [5.74, 6) is 0. The second kappa shape index (κ2) is 8.94. The third-order valence-corrected chi connectivity index (χ3v) is 4.13. The molecule has 1 fully saturated rings. The summed E-state index contributed by atoms with van der Waals surface area (Å²) in [6, 6.07) is 20.3. The molecule has 2 aromatic rings. The SMILES string of the molecule is COC1C[C@@H](OCc2ccccc2)[C@@H](COCc2ccccc2)O1. The van der Waals surface area contributed by atoms with Crippen LogP contribution >= 0.6 is 0 Å². The fourth-order valence-corrected chi connectivity index (χ4v) is 2.80. The molecule has 0 radical (unpaired) electrons. The molecule has 1 heterocycles. The Morgan fingerprint density at radius 2 is 1.54 bits per heavy atom. The van der Waals surface area contributed by atoms with Crippen molar-refractivity contribution >= 4 is 0 Å². The first kappa shape index (κ1) is 17.1. The Hall–Kier alpha value is -1.72. The van der Waals surface area contributed by atoms with E-state index in [-0.39, 0.29) is 18.5 Å². The van der Waals surface area contributed by atoms with Crippen LogP contribution in [0.1, 0.15) is 17.5 Å². The Labute approximate surface area is 143 Å². The van der Waals surface area contributed by atoms with Crippen molar-refractivity contribution in [2.75, 3.05) is 13.7 Å². The lowest BCUT2D eigenvalue weighted by atomic mass is 10.2. The maximum absolute atomic E-state index is 6.05. The summed E-state index contributed by atoms with van der Waals surface area (Å²) in [4.78, 5) is 0. The third kappa shape index (κ3) is 4.89. The lowest BCUT2D eigenvalue weighted by molar-refractivity contribution is -0.137. The highest BCUT2D eigenvalue weighted by molar-refractivity contribution is 5.14. The fourth-order valence-electron chi connectivity index (χ4n) is 2.80. The second-order valence-electron chi connectivity index (χ2n) is 5.91. The van der Waals surface area contributed by atoms with Gasteiger partial charge in [-0.2, -0.15) is 0 Å². The van der Waals surface area contributed by atoms with Crippen LogP contribution in [0.25, 0.3) is 0 Å². The van der Waals surface area contributed by atoms with Crippen molar-refractivity contribution in [3.63, 3.8) is 0 Å². The third-order valence-electron chi connectivity index (χ3n) is 4.13. The molecule has 128 valence electrons. The van der Waals surface area contributed by atoms with Gasteiger partial charge in [0.25, 0.3) is 0 Å². The summed E-state index contributed by atoms with van der Waals surface area (Å²) in [7, 11) is 1.66. The molecule has 3 rings (SSSR count). The summed E-state index contributed by atoms with van der Waals surface area (Å²) in [6.45, 7) is 1.64. The van der Waals surface area contributed by atoms with E-state index in [1.165, 1.54) is 0 Å². The van der Waals surface area contributed by atoms with E-state index in [1.807, 2.05) is 36.4 Å². The van der Waals surface area contributed by atoms with E-state index >= 15 is 0 Å². The molecule has 24 heavy (non-hydrogen) atoms. The highest BCUT2D eigenvalue weighted by Crippen LogP contribution is 2.25. The van der Waals surface area contributed by atoms with Crippen LogP contribution in [0.5, 0.6) is 0 Å². The Balaban J connectivity index is 1.49. The Kier molecular flexibility index (Phi) is 6.38. The summed E-state index contributed by atoms with van der Waals surface area (Å²) in [5.41, 5.74) is 2.31.